The zero-order valence-corrected chi connectivity index (χ0v) is 11.3. The Morgan fingerprint density at radius 3 is 1.76 bits per heavy atom. The van der Waals surface area contributed by atoms with Crippen LogP contribution in [0.3, 0.4) is 0 Å². The lowest BCUT2D eigenvalue weighted by Crippen LogP contribution is -1.81. The molecule has 0 spiro atoms. The molecule has 0 unspecified atom stereocenters. The molecule has 2 rings (SSSR count). The first-order valence-electron chi connectivity index (χ1n) is 6.15. The van der Waals surface area contributed by atoms with Crippen LogP contribution in [0.25, 0.3) is 11.1 Å². The van der Waals surface area contributed by atoms with Gasteiger partial charge in [0.1, 0.15) is 0 Å². The lowest BCUT2D eigenvalue weighted by molar-refractivity contribution is 1.14. The number of rotatable bonds is 4. The van der Waals surface area contributed by atoms with E-state index in [1.54, 1.807) is 0 Å². The third kappa shape index (κ3) is 3.13. The van der Waals surface area contributed by atoms with Crippen molar-refractivity contribution in [1.82, 2.24) is 0 Å². The fraction of sp³-hybridized carbons (Fsp3) is 0.250. The largest absolute Gasteiger partial charge is 0.126 e. The van der Waals surface area contributed by atoms with Gasteiger partial charge in [-0.1, -0.05) is 50.2 Å². The molecule has 0 aliphatic heterocycles. The third-order valence-corrected chi connectivity index (χ3v) is 3.76. The first kappa shape index (κ1) is 12.3. The maximum Gasteiger partial charge on any atom is 0.00722 e. The molecule has 0 aliphatic rings. The van der Waals surface area contributed by atoms with E-state index in [0.29, 0.717) is 0 Å². The SMILES string of the molecule is CCSc1ccc(-c2ccc(CC)cc2)cc1. The lowest BCUT2D eigenvalue weighted by atomic mass is 10.0. The molecule has 0 nitrogen and oxygen atoms in total. The van der Waals surface area contributed by atoms with E-state index in [2.05, 4.69) is 62.4 Å². The Balaban J connectivity index is 2.20. The summed E-state index contributed by atoms with van der Waals surface area (Å²) in [6.07, 6.45) is 1.10. The van der Waals surface area contributed by atoms with Crippen molar-refractivity contribution >= 4 is 11.8 Å². The standard InChI is InChI=1S/C16H18S/c1-3-13-5-7-14(8-6-13)15-9-11-16(12-10-15)17-4-2/h5-12H,3-4H2,1-2H3. The van der Waals surface area contributed by atoms with E-state index in [1.807, 2.05) is 11.8 Å². The summed E-state index contributed by atoms with van der Waals surface area (Å²) in [4.78, 5) is 1.35. The Kier molecular flexibility index (Phi) is 4.27. The van der Waals surface area contributed by atoms with Gasteiger partial charge in [0.2, 0.25) is 0 Å². The Morgan fingerprint density at radius 1 is 0.765 bits per heavy atom. The highest BCUT2D eigenvalue weighted by Gasteiger charge is 1.98. The molecule has 0 atom stereocenters. The first-order chi connectivity index (χ1) is 8.33. The summed E-state index contributed by atoms with van der Waals surface area (Å²) in [5.41, 5.74) is 4.00. The molecular formula is C16H18S. The van der Waals surface area contributed by atoms with Crippen molar-refractivity contribution in [3.8, 4) is 11.1 Å². The minimum absolute atomic E-state index is 1.10. The number of hydrogen-bond acceptors (Lipinski definition) is 1. The molecule has 1 heteroatoms. The van der Waals surface area contributed by atoms with Gasteiger partial charge in [0.05, 0.1) is 0 Å². The highest BCUT2D eigenvalue weighted by Crippen LogP contribution is 2.24. The Bertz CT molecular complexity index is 454. The average Bonchev–Trinajstić information content (AvgIpc) is 2.40. The van der Waals surface area contributed by atoms with Crippen LogP contribution in [0.2, 0.25) is 0 Å². The summed E-state index contributed by atoms with van der Waals surface area (Å²) < 4.78 is 0. The molecule has 0 saturated heterocycles. The van der Waals surface area contributed by atoms with E-state index in [-0.39, 0.29) is 0 Å². The summed E-state index contributed by atoms with van der Waals surface area (Å²) >= 11 is 1.89. The van der Waals surface area contributed by atoms with E-state index in [1.165, 1.54) is 21.6 Å². The normalized spacial score (nSPS) is 10.5. The summed E-state index contributed by atoms with van der Waals surface area (Å²) in [7, 11) is 0. The van der Waals surface area contributed by atoms with Crippen molar-refractivity contribution in [2.45, 2.75) is 25.2 Å². The van der Waals surface area contributed by atoms with Gasteiger partial charge in [0.15, 0.2) is 0 Å². The van der Waals surface area contributed by atoms with Gasteiger partial charge in [-0.05, 0) is 41.0 Å². The topological polar surface area (TPSA) is 0 Å². The van der Waals surface area contributed by atoms with Crippen LogP contribution in [0.4, 0.5) is 0 Å². The second-order valence-corrected chi connectivity index (χ2v) is 5.35. The highest BCUT2D eigenvalue weighted by atomic mass is 32.2. The zero-order valence-electron chi connectivity index (χ0n) is 10.4. The van der Waals surface area contributed by atoms with Crippen molar-refractivity contribution in [3.63, 3.8) is 0 Å². The highest BCUT2D eigenvalue weighted by molar-refractivity contribution is 7.99. The summed E-state index contributed by atoms with van der Waals surface area (Å²) in [6, 6.07) is 17.7. The van der Waals surface area contributed by atoms with Crippen molar-refractivity contribution in [2.24, 2.45) is 0 Å². The molecule has 2 aromatic carbocycles. The third-order valence-electron chi connectivity index (χ3n) is 2.86. The van der Waals surface area contributed by atoms with Crippen LogP contribution in [-0.4, -0.2) is 5.75 Å². The van der Waals surface area contributed by atoms with E-state index in [0.717, 1.165) is 12.2 Å². The zero-order chi connectivity index (χ0) is 12.1. The lowest BCUT2D eigenvalue weighted by Gasteiger charge is -2.04. The second-order valence-electron chi connectivity index (χ2n) is 4.01. The van der Waals surface area contributed by atoms with Crippen LogP contribution in [0.5, 0.6) is 0 Å². The number of hydrogen-bond donors (Lipinski definition) is 0. The van der Waals surface area contributed by atoms with Gasteiger partial charge < -0.3 is 0 Å². The second kappa shape index (κ2) is 5.92. The van der Waals surface area contributed by atoms with Crippen LogP contribution in [-0.2, 0) is 6.42 Å². The minimum atomic E-state index is 1.10. The molecule has 0 heterocycles. The quantitative estimate of drug-likeness (QED) is 0.678. The van der Waals surface area contributed by atoms with Gasteiger partial charge in [-0.3, -0.25) is 0 Å². The Labute approximate surface area is 108 Å². The maximum atomic E-state index is 2.21. The van der Waals surface area contributed by atoms with Crippen LogP contribution >= 0.6 is 11.8 Å². The number of aryl methyl sites for hydroxylation is 1. The van der Waals surface area contributed by atoms with E-state index in [9.17, 15) is 0 Å². The van der Waals surface area contributed by atoms with Crippen LogP contribution < -0.4 is 0 Å². The van der Waals surface area contributed by atoms with Gasteiger partial charge in [-0.15, -0.1) is 11.8 Å². The fourth-order valence-electron chi connectivity index (χ4n) is 1.84. The fourth-order valence-corrected chi connectivity index (χ4v) is 2.51. The minimum Gasteiger partial charge on any atom is -0.126 e. The van der Waals surface area contributed by atoms with E-state index >= 15 is 0 Å². The molecule has 0 aliphatic carbocycles. The molecule has 88 valence electrons. The molecule has 0 bridgehead atoms. The molecule has 2 aromatic rings. The maximum absolute atomic E-state index is 2.21. The van der Waals surface area contributed by atoms with Gasteiger partial charge in [0.25, 0.3) is 0 Å². The average molecular weight is 242 g/mol. The molecule has 0 N–H and O–H groups in total. The molecule has 0 saturated carbocycles. The van der Waals surface area contributed by atoms with Crippen LogP contribution in [0.1, 0.15) is 19.4 Å². The molecule has 0 fully saturated rings. The van der Waals surface area contributed by atoms with E-state index in [4.69, 9.17) is 0 Å². The first-order valence-corrected chi connectivity index (χ1v) is 7.14. The molecule has 0 amide bonds. The van der Waals surface area contributed by atoms with Crippen molar-refractivity contribution < 1.29 is 0 Å². The number of benzene rings is 2. The summed E-state index contributed by atoms with van der Waals surface area (Å²) in [5, 5.41) is 0. The van der Waals surface area contributed by atoms with Gasteiger partial charge in [-0.25, -0.2) is 0 Å². The predicted molar refractivity (Wildman–Crippen MR) is 77.7 cm³/mol. The van der Waals surface area contributed by atoms with Crippen molar-refractivity contribution in [2.75, 3.05) is 5.75 Å². The van der Waals surface area contributed by atoms with Crippen LogP contribution in [0, 0.1) is 0 Å². The van der Waals surface area contributed by atoms with Gasteiger partial charge >= 0.3 is 0 Å². The summed E-state index contributed by atoms with van der Waals surface area (Å²) in [5.74, 6) is 1.13. The number of thioether (sulfide) groups is 1. The molecular weight excluding hydrogens is 224 g/mol. The Morgan fingerprint density at radius 2 is 1.29 bits per heavy atom. The monoisotopic (exact) mass is 242 g/mol. The van der Waals surface area contributed by atoms with Gasteiger partial charge in [0, 0.05) is 4.90 Å². The smallest absolute Gasteiger partial charge is 0.00722 e. The molecule has 17 heavy (non-hydrogen) atoms. The Hall–Kier alpha value is -1.21. The van der Waals surface area contributed by atoms with E-state index < -0.39 is 0 Å². The predicted octanol–water partition coefficient (Wildman–Crippen LogP) is 5.03. The summed E-state index contributed by atoms with van der Waals surface area (Å²) in [6.45, 7) is 4.37. The van der Waals surface area contributed by atoms with Crippen molar-refractivity contribution in [1.29, 1.82) is 0 Å². The van der Waals surface area contributed by atoms with Crippen molar-refractivity contribution in [3.05, 3.63) is 54.1 Å². The molecule has 0 radical (unpaired) electrons. The van der Waals surface area contributed by atoms with Gasteiger partial charge in [-0.2, -0.15) is 0 Å². The molecule has 0 aromatic heterocycles. The van der Waals surface area contributed by atoms with Crippen LogP contribution in [0.15, 0.2) is 53.4 Å².